The minimum atomic E-state index is -1.56. The van der Waals surface area contributed by atoms with E-state index in [4.69, 9.17) is 4.74 Å². The topological polar surface area (TPSA) is 124 Å². The van der Waals surface area contributed by atoms with Crippen molar-refractivity contribution in [2.45, 2.75) is 143 Å². The van der Waals surface area contributed by atoms with E-state index in [9.17, 15) is 30.0 Å². The van der Waals surface area contributed by atoms with Crippen LogP contribution in [0.2, 0.25) is 0 Å². The van der Waals surface area contributed by atoms with Crippen molar-refractivity contribution in [1.82, 2.24) is 0 Å². The Morgan fingerprint density at radius 3 is 2.23 bits per heavy atom. The van der Waals surface area contributed by atoms with Crippen molar-refractivity contribution in [3.8, 4) is 0 Å². The zero-order valence-electron chi connectivity index (χ0n) is 27.5. The van der Waals surface area contributed by atoms with Crippen LogP contribution < -0.4 is 0 Å². The predicted octanol–water partition coefficient (Wildman–Crippen LogP) is 4.77. The van der Waals surface area contributed by atoms with Crippen molar-refractivity contribution in [2.24, 2.45) is 50.2 Å². The van der Waals surface area contributed by atoms with Gasteiger partial charge in [0, 0.05) is 17.3 Å². The Morgan fingerprint density at radius 2 is 1.56 bits per heavy atom. The van der Waals surface area contributed by atoms with Crippen molar-refractivity contribution in [3.05, 3.63) is 11.6 Å². The van der Waals surface area contributed by atoms with Crippen LogP contribution in [0.5, 0.6) is 0 Å². The Morgan fingerprint density at radius 1 is 0.884 bits per heavy atom. The minimum Gasteiger partial charge on any atom is -0.394 e. The van der Waals surface area contributed by atoms with E-state index < -0.39 is 42.5 Å². The molecular formula is C36H56O7. The summed E-state index contributed by atoms with van der Waals surface area (Å²) in [5.41, 5.74) is 0.465. The van der Waals surface area contributed by atoms with E-state index in [1.165, 1.54) is 5.57 Å². The Hall–Kier alpha value is -1.12. The molecule has 0 aromatic carbocycles. The lowest BCUT2D eigenvalue weighted by Crippen LogP contribution is -2.67. The second-order valence-corrected chi connectivity index (χ2v) is 17.6. The Kier molecular flexibility index (Phi) is 7.36. The highest BCUT2D eigenvalue weighted by molar-refractivity contribution is 5.91. The summed E-state index contributed by atoms with van der Waals surface area (Å²) in [4.78, 5) is 27.8. The molecule has 0 aromatic heterocycles. The molecule has 6 rings (SSSR count). The van der Waals surface area contributed by atoms with Gasteiger partial charge >= 0.3 is 0 Å². The van der Waals surface area contributed by atoms with E-state index in [1.54, 1.807) is 0 Å². The fourth-order valence-corrected chi connectivity index (χ4v) is 12.1. The summed E-state index contributed by atoms with van der Waals surface area (Å²) in [5.74, 6) is 1.08. The lowest BCUT2D eigenvalue weighted by atomic mass is 9.33. The van der Waals surface area contributed by atoms with Crippen molar-refractivity contribution < 1.29 is 34.8 Å². The number of hydrogen-bond acceptors (Lipinski definition) is 7. The largest absolute Gasteiger partial charge is 0.394 e. The number of aliphatic hydroxyl groups is 4. The molecular weight excluding hydrogens is 544 g/mol. The minimum absolute atomic E-state index is 0.00236. The van der Waals surface area contributed by atoms with Gasteiger partial charge in [0.15, 0.2) is 5.78 Å². The van der Waals surface area contributed by atoms with Gasteiger partial charge in [-0.05, 0) is 97.2 Å². The number of aliphatic hydroxyl groups excluding tert-OH is 4. The standard InChI is InChI=1S/C36H56O7/c1-31(2)14-16-36(30(42)29-28(41)27(40)26(39)22(19-37)43-29)17-15-34(6)20(21(36)18-31)8-9-24-33(5)12-11-25(38)32(3,4)23(33)10-13-35(24,34)7/h8,21-24,26-29,37,39-41H,9-19H2,1-7H3/t21?,22?,23?,24?,26-,27?,28?,29-,33+,34-,35-,36+/m1/s1. The fourth-order valence-electron chi connectivity index (χ4n) is 12.1. The molecule has 4 saturated carbocycles. The van der Waals surface area contributed by atoms with Gasteiger partial charge in [-0.25, -0.2) is 0 Å². The van der Waals surface area contributed by atoms with Gasteiger partial charge in [0.05, 0.1) is 6.61 Å². The van der Waals surface area contributed by atoms with Gasteiger partial charge in [0.25, 0.3) is 0 Å². The molecule has 43 heavy (non-hydrogen) atoms. The molecule has 1 aliphatic heterocycles. The maximum atomic E-state index is 14.7. The third-order valence-electron chi connectivity index (χ3n) is 15.0. The van der Waals surface area contributed by atoms with Crippen LogP contribution in [0.1, 0.15) is 113 Å². The zero-order chi connectivity index (χ0) is 31.5. The Bertz CT molecular complexity index is 1200. The molecule has 12 atom stereocenters. The first-order valence-electron chi connectivity index (χ1n) is 17.0. The molecule has 1 saturated heterocycles. The highest BCUT2D eigenvalue weighted by Gasteiger charge is 2.69. The monoisotopic (exact) mass is 600 g/mol. The molecule has 4 N–H and O–H groups in total. The fraction of sp³-hybridized carbons (Fsp3) is 0.889. The molecule has 0 aromatic rings. The molecule has 0 amide bonds. The summed E-state index contributed by atoms with van der Waals surface area (Å²) >= 11 is 0. The number of ether oxygens (including phenoxy) is 1. The number of Topliss-reactive ketones (excluding diaryl/α,β-unsaturated/α-hetero) is 2. The summed E-state index contributed by atoms with van der Waals surface area (Å²) in [6.07, 6.45) is 4.26. The summed E-state index contributed by atoms with van der Waals surface area (Å²) in [7, 11) is 0. The van der Waals surface area contributed by atoms with Crippen LogP contribution in [0.4, 0.5) is 0 Å². The number of carbonyl (C=O) groups excluding carboxylic acids is 2. The van der Waals surface area contributed by atoms with Crippen LogP contribution >= 0.6 is 0 Å². The molecule has 5 aliphatic carbocycles. The molecule has 6 aliphatic rings. The molecule has 7 heteroatoms. The Labute approximate surface area is 257 Å². The van der Waals surface area contributed by atoms with Crippen molar-refractivity contribution in [3.63, 3.8) is 0 Å². The molecule has 1 heterocycles. The van der Waals surface area contributed by atoms with Gasteiger partial charge in [0.1, 0.15) is 36.3 Å². The number of ketones is 2. The van der Waals surface area contributed by atoms with E-state index in [-0.39, 0.29) is 38.8 Å². The first-order chi connectivity index (χ1) is 19.9. The highest BCUT2D eigenvalue weighted by atomic mass is 16.5. The quantitative estimate of drug-likeness (QED) is 0.344. The third-order valence-corrected chi connectivity index (χ3v) is 15.0. The van der Waals surface area contributed by atoms with E-state index in [2.05, 4.69) is 54.5 Å². The van der Waals surface area contributed by atoms with E-state index in [1.807, 2.05) is 0 Å². The van der Waals surface area contributed by atoms with Crippen molar-refractivity contribution in [1.29, 1.82) is 0 Å². The van der Waals surface area contributed by atoms with Crippen LogP contribution in [-0.2, 0) is 14.3 Å². The van der Waals surface area contributed by atoms with Crippen molar-refractivity contribution >= 4 is 11.6 Å². The summed E-state index contributed by atoms with van der Waals surface area (Å²) < 4.78 is 5.90. The van der Waals surface area contributed by atoms with Gasteiger partial charge in [-0.3, -0.25) is 9.59 Å². The van der Waals surface area contributed by atoms with Crippen LogP contribution in [0.15, 0.2) is 11.6 Å². The second-order valence-electron chi connectivity index (χ2n) is 17.6. The SMILES string of the molecule is CC1(C)CC[C@]2(C(=O)[C@@H]3OC(CO)[C@@H](O)C(O)C3O)CC[C@]3(C)C(=CCC4[C@@]5(C)CCC(=O)C(C)(C)C5CC[C@]43C)C2C1. The van der Waals surface area contributed by atoms with Gasteiger partial charge < -0.3 is 25.2 Å². The maximum Gasteiger partial charge on any atom is 0.171 e. The smallest absolute Gasteiger partial charge is 0.171 e. The number of carbonyl (C=O) groups is 2. The average Bonchev–Trinajstić information content (AvgIpc) is 2.94. The number of hydrogen-bond donors (Lipinski definition) is 4. The maximum absolute atomic E-state index is 14.7. The van der Waals surface area contributed by atoms with Crippen molar-refractivity contribution in [2.75, 3.05) is 6.61 Å². The third kappa shape index (κ3) is 4.16. The van der Waals surface area contributed by atoms with Gasteiger partial charge in [0.2, 0.25) is 0 Å². The summed E-state index contributed by atoms with van der Waals surface area (Å²) in [6.45, 7) is 15.8. The zero-order valence-corrected chi connectivity index (χ0v) is 27.5. The molecule has 242 valence electrons. The summed E-state index contributed by atoms with van der Waals surface area (Å²) in [5, 5.41) is 41.8. The second kappa shape index (κ2) is 9.94. The van der Waals surface area contributed by atoms with Crippen LogP contribution in [0.3, 0.4) is 0 Å². The molecule has 5 fully saturated rings. The van der Waals surface area contributed by atoms with Crippen LogP contribution in [0, 0.1) is 50.2 Å². The molecule has 0 spiro atoms. The molecule has 0 radical (unpaired) electrons. The average molecular weight is 601 g/mol. The van der Waals surface area contributed by atoms with Gasteiger partial charge in [-0.2, -0.15) is 0 Å². The lowest BCUT2D eigenvalue weighted by Gasteiger charge is -2.71. The van der Waals surface area contributed by atoms with Crippen LogP contribution in [-0.4, -0.2) is 69.1 Å². The predicted molar refractivity (Wildman–Crippen MR) is 163 cm³/mol. The van der Waals surface area contributed by atoms with E-state index in [0.29, 0.717) is 36.9 Å². The first kappa shape index (κ1) is 31.8. The first-order valence-corrected chi connectivity index (χ1v) is 17.0. The number of fused-ring (bicyclic) bond motifs is 7. The highest BCUT2D eigenvalue weighted by Crippen LogP contribution is 2.75. The number of rotatable bonds is 3. The van der Waals surface area contributed by atoms with Crippen LogP contribution in [0.25, 0.3) is 0 Å². The normalized spacial score (nSPS) is 52.2. The lowest BCUT2D eigenvalue weighted by molar-refractivity contribution is -0.233. The van der Waals surface area contributed by atoms with E-state index >= 15 is 0 Å². The molecule has 6 unspecified atom stereocenters. The molecule has 7 nitrogen and oxygen atoms in total. The Balaban J connectivity index is 1.41. The van der Waals surface area contributed by atoms with Gasteiger partial charge in [-0.15, -0.1) is 0 Å². The van der Waals surface area contributed by atoms with E-state index in [0.717, 1.165) is 44.9 Å². The van der Waals surface area contributed by atoms with Gasteiger partial charge in [-0.1, -0.05) is 60.1 Å². The summed E-state index contributed by atoms with van der Waals surface area (Å²) in [6, 6.07) is 0. The molecule has 0 bridgehead atoms. The number of allylic oxidation sites excluding steroid dienone is 2.